The number of carbonyl (C=O) groups is 5. The number of carbonyl (C=O) groups excluding carboxylic acids is 5. The molecule has 0 fully saturated rings. The van der Waals surface area contributed by atoms with Crippen molar-refractivity contribution in [2.45, 2.75) is 79.2 Å². The number of amides is 4. The number of hydrogen-bond donors (Lipinski definition) is 1. The Morgan fingerprint density at radius 3 is 1.79 bits per heavy atom. The Labute approximate surface area is 223 Å². The Morgan fingerprint density at radius 1 is 0.868 bits per heavy atom. The van der Waals surface area contributed by atoms with Crippen LogP contribution in [0.2, 0.25) is 0 Å². The van der Waals surface area contributed by atoms with E-state index >= 15 is 0 Å². The predicted octanol–water partition coefficient (Wildman–Crippen LogP) is 4.03. The van der Waals surface area contributed by atoms with E-state index in [1.807, 2.05) is 6.07 Å². The van der Waals surface area contributed by atoms with Gasteiger partial charge in [0, 0.05) is 0 Å². The minimum atomic E-state index is -1.31. The van der Waals surface area contributed by atoms with E-state index in [0.717, 1.165) is 12.7 Å². The summed E-state index contributed by atoms with van der Waals surface area (Å²) in [5.74, 6) is -2.46. The monoisotopic (exact) mass is 537 g/mol. The van der Waals surface area contributed by atoms with Crippen molar-refractivity contribution in [1.29, 1.82) is 0 Å². The molecule has 0 heterocycles. The van der Waals surface area contributed by atoms with E-state index in [1.54, 1.807) is 79.7 Å². The lowest BCUT2D eigenvalue weighted by molar-refractivity contribution is -0.160. The second-order valence-electron chi connectivity index (χ2n) is 10.7. The number of nitrogens with zero attached hydrogens (tertiary/aromatic N) is 2. The van der Waals surface area contributed by atoms with Crippen molar-refractivity contribution in [1.82, 2.24) is 15.3 Å². The highest BCUT2D eigenvalue weighted by Gasteiger charge is 2.42. The van der Waals surface area contributed by atoms with Gasteiger partial charge in [0.05, 0.1) is 7.11 Å². The first-order valence-corrected chi connectivity index (χ1v) is 12.1. The molecule has 1 atom stereocenters. The normalized spacial score (nSPS) is 12.2. The van der Waals surface area contributed by atoms with E-state index in [4.69, 9.17) is 14.2 Å². The standard InChI is InChI=1S/C26H39N3O9/c1-17(2)20(27-22(32)36-16-18-13-11-10-12-14-18)21(31)28(15-19(30)35-9)29(23(33)37-25(3,4)5)24(34)38-26(6,7)8/h10-14,17,20H,15-16H2,1-9H3,(H,27,32). The van der Waals surface area contributed by atoms with Crippen molar-refractivity contribution >= 4 is 30.2 Å². The lowest BCUT2D eigenvalue weighted by Crippen LogP contribution is -2.61. The van der Waals surface area contributed by atoms with Crippen LogP contribution in [0.1, 0.15) is 61.0 Å². The number of benzene rings is 1. The Kier molecular flexibility index (Phi) is 11.6. The molecule has 212 valence electrons. The SMILES string of the molecule is COC(=O)CN(C(=O)C(NC(=O)OCc1ccccc1)C(C)C)N(C(=O)OC(C)(C)C)C(=O)OC(C)(C)C. The zero-order valence-corrected chi connectivity index (χ0v) is 23.5. The summed E-state index contributed by atoms with van der Waals surface area (Å²) >= 11 is 0. The third-order valence-electron chi connectivity index (χ3n) is 4.55. The second-order valence-corrected chi connectivity index (χ2v) is 10.7. The third kappa shape index (κ3) is 11.1. The molecule has 4 amide bonds. The van der Waals surface area contributed by atoms with E-state index < -0.39 is 59.9 Å². The van der Waals surface area contributed by atoms with Gasteiger partial charge in [0.25, 0.3) is 5.91 Å². The molecule has 0 saturated heterocycles. The van der Waals surface area contributed by atoms with Crippen LogP contribution in [0.4, 0.5) is 14.4 Å². The second kappa shape index (κ2) is 13.6. The van der Waals surface area contributed by atoms with Crippen LogP contribution < -0.4 is 5.32 Å². The van der Waals surface area contributed by atoms with Crippen molar-refractivity contribution in [2.24, 2.45) is 5.92 Å². The zero-order chi connectivity index (χ0) is 29.3. The molecule has 38 heavy (non-hydrogen) atoms. The highest BCUT2D eigenvalue weighted by Crippen LogP contribution is 2.19. The molecule has 1 unspecified atom stereocenters. The molecule has 1 aromatic rings. The number of alkyl carbamates (subject to hydrolysis) is 1. The van der Waals surface area contributed by atoms with Gasteiger partial charge in [0.15, 0.2) is 0 Å². The molecule has 1 rings (SSSR count). The Hall–Kier alpha value is -3.83. The quantitative estimate of drug-likeness (QED) is 0.310. The number of imide groups is 1. The Morgan fingerprint density at radius 2 is 1.37 bits per heavy atom. The minimum Gasteiger partial charge on any atom is -0.468 e. The summed E-state index contributed by atoms with van der Waals surface area (Å²) in [5, 5.41) is 3.28. The highest BCUT2D eigenvalue weighted by atomic mass is 16.6. The summed E-state index contributed by atoms with van der Waals surface area (Å²) in [4.78, 5) is 64.8. The first kappa shape index (κ1) is 32.2. The number of rotatable bonds is 7. The third-order valence-corrected chi connectivity index (χ3v) is 4.55. The maximum absolute atomic E-state index is 13.7. The van der Waals surface area contributed by atoms with Crippen LogP contribution in [0, 0.1) is 5.92 Å². The van der Waals surface area contributed by atoms with E-state index in [-0.39, 0.29) is 6.61 Å². The molecule has 12 nitrogen and oxygen atoms in total. The number of nitrogens with one attached hydrogen (secondary N) is 1. The van der Waals surface area contributed by atoms with E-state index in [2.05, 4.69) is 10.1 Å². The molecule has 0 aliphatic heterocycles. The fraction of sp³-hybridized carbons (Fsp3) is 0.577. The molecule has 1 aromatic carbocycles. The average molecular weight is 538 g/mol. The van der Waals surface area contributed by atoms with Gasteiger partial charge in [-0.15, -0.1) is 5.01 Å². The summed E-state index contributed by atoms with van der Waals surface area (Å²) < 4.78 is 20.5. The molecule has 12 heteroatoms. The number of ether oxygens (including phenoxy) is 4. The van der Waals surface area contributed by atoms with E-state index in [0.29, 0.717) is 10.0 Å². The van der Waals surface area contributed by atoms with Crippen molar-refractivity contribution in [3.8, 4) is 0 Å². The van der Waals surface area contributed by atoms with Crippen LogP contribution in [0.25, 0.3) is 0 Å². The minimum absolute atomic E-state index is 0.0561. The maximum Gasteiger partial charge on any atom is 0.439 e. The van der Waals surface area contributed by atoms with Gasteiger partial charge in [-0.3, -0.25) is 9.59 Å². The van der Waals surface area contributed by atoms with Crippen LogP contribution in [-0.2, 0) is 35.1 Å². The molecule has 0 saturated carbocycles. The lowest BCUT2D eigenvalue weighted by Gasteiger charge is -2.36. The van der Waals surface area contributed by atoms with Gasteiger partial charge in [-0.1, -0.05) is 44.2 Å². The van der Waals surface area contributed by atoms with Gasteiger partial charge in [-0.05, 0) is 53.0 Å². The number of hydrogen-bond acceptors (Lipinski definition) is 9. The molecule has 0 radical (unpaired) electrons. The van der Waals surface area contributed by atoms with Crippen molar-refractivity contribution in [3.63, 3.8) is 0 Å². The van der Waals surface area contributed by atoms with Crippen molar-refractivity contribution in [2.75, 3.05) is 13.7 Å². The van der Waals surface area contributed by atoms with Crippen LogP contribution in [-0.4, -0.2) is 71.1 Å². The zero-order valence-electron chi connectivity index (χ0n) is 23.5. The molecular formula is C26H39N3O9. The Balaban J connectivity index is 3.36. The largest absolute Gasteiger partial charge is 0.468 e. The highest BCUT2D eigenvalue weighted by molar-refractivity contribution is 5.95. The fourth-order valence-electron chi connectivity index (χ4n) is 2.88. The van der Waals surface area contributed by atoms with Gasteiger partial charge < -0.3 is 24.3 Å². The van der Waals surface area contributed by atoms with Gasteiger partial charge in [0.2, 0.25) is 0 Å². The first-order valence-electron chi connectivity index (χ1n) is 12.1. The lowest BCUT2D eigenvalue weighted by atomic mass is 10.0. The Bertz CT molecular complexity index is 954. The fourth-order valence-corrected chi connectivity index (χ4v) is 2.88. The molecule has 0 aliphatic carbocycles. The number of hydrazine groups is 1. The van der Waals surface area contributed by atoms with E-state index in [9.17, 15) is 24.0 Å². The summed E-state index contributed by atoms with van der Waals surface area (Å²) in [7, 11) is 1.08. The van der Waals surface area contributed by atoms with Gasteiger partial charge >= 0.3 is 24.2 Å². The van der Waals surface area contributed by atoms with E-state index in [1.165, 1.54) is 0 Å². The van der Waals surface area contributed by atoms with Crippen LogP contribution in [0.15, 0.2) is 30.3 Å². The summed E-state index contributed by atoms with van der Waals surface area (Å²) in [6.45, 7) is 11.7. The van der Waals surface area contributed by atoms with Crippen LogP contribution in [0.3, 0.4) is 0 Å². The smallest absolute Gasteiger partial charge is 0.439 e. The van der Waals surface area contributed by atoms with Gasteiger partial charge in [-0.2, -0.15) is 0 Å². The maximum atomic E-state index is 13.7. The topological polar surface area (TPSA) is 141 Å². The molecule has 0 aromatic heterocycles. The predicted molar refractivity (Wildman–Crippen MR) is 136 cm³/mol. The number of methoxy groups -OCH3 is 1. The summed E-state index contributed by atoms with van der Waals surface area (Å²) in [6, 6.07) is 7.59. The van der Waals surface area contributed by atoms with Gasteiger partial charge in [0.1, 0.15) is 30.4 Å². The van der Waals surface area contributed by atoms with Gasteiger partial charge in [-0.25, -0.2) is 19.4 Å². The summed E-state index contributed by atoms with van der Waals surface area (Å²) in [6.07, 6.45) is -3.45. The van der Waals surface area contributed by atoms with Crippen molar-refractivity contribution in [3.05, 3.63) is 35.9 Å². The molecule has 0 spiro atoms. The molecule has 0 bridgehead atoms. The molecular weight excluding hydrogens is 498 g/mol. The van der Waals surface area contributed by atoms with Crippen molar-refractivity contribution < 1.29 is 42.9 Å². The van der Waals surface area contributed by atoms with Crippen LogP contribution >= 0.6 is 0 Å². The van der Waals surface area contributed by atoms with Crippen LogP contribution in [0.5, 0.6) is 0 Å². The molecule has 1 N–H and O–H groups in total. The first-order chi connectivity index (χ1) is 17.4. The average Bonchev–Trinajstić information content (AvgIpc) is 2.78. The summed E-state index contributed by atoms with van der Waals surface area (Å²) in [5.41, 5.74) is -1.40. The number of esters is 1. The molecule has 0 aliphatic rings.